The summed E-state index contributed by atoms with van der Waals surface area (Å²) in [4.78, 5) is 5.09. The van der Waals surface area contributed by atoms with Crippen molar-refractivity contribution in [2.24, 2.45) is 0 Å². The maximum absolute atomic E-state index is 12.7. The second-order valence-corrected chi connectivity index (χ2v) is 2.81. The monoisotopic (exact) mass is 193 g/mol. The number of hydrogen-bond acceptors (Lipinski definition) is 4. The van der Waals surface area contributed by atoms with Crippen molar-refractivity contribution in [2.75, 3.05) is 5.73 Å². The largest absolute Gasteiger partial charge is 0.381 e. The van der Waals surface area contributed by atoms with E-state index in [1.54, 1.807) is 6.20 Å². The Morgan fingerprint density at radius 3 is 2.86 bits per heavy atom. The lowest BCUT2D eigenvalue weighted by Crippen LogP contribution is -2.04. The normalized spacial score (nSPS) is 10.4. The Balaban J connectivity index is 2.18. The molecular formula is C8H8FN5. The van der Waals surface area contributed by atoms with Crippen LogP contribution >= 0.6 is 0 Å². The van der Waals surface area contributed by atoms with E-state index in [9.17, 15) is 4.39 Å². The van der Waals surface area contributed by atoms with Crippen molar-refractivity contribution >= 4 is 5.82 Å². The SMILES string of the molecule is Nc1cnn(Cc2cncc(F)c2)n1. The molecule has 0 fully saturated rings. The number of rotatable bonds is 2. The first-order valence-electron chi connectivity index (χ1n) is 3.99. The molecule has 0 saturated heterocycles. The van der Waals surface area contributed by atoms with Crippen molar-refractivity contribution < 1.29 is 4.39 Å². The quantitative estimate of drug-likeness (QED) is 0.751. The number of nitrogens with two attached hydrogens (primary N) is 1. The van der Waals surface area contributed by atoms with Crippen molar-refractivity contribution in [3.05, 3.63) is 36.0 Å². The molecule has 0 unspecified atom stereocenters. The molecule has 5 nitrogen and oxygen atoms in total. The van der Waals surface area contributed by atoms with Crippen LogP contribution in [0.15, 0.2) is 24.7 Å². The minimum absolute atomic E-state index is 0.342. The summed E-state index contributed by atoms with van der Waals surface area (Å²) in [5, 5.41) is 7.74. The van der Waals surface area contributed by atoms with Crippen molar-refractivity contribution in [1.82, 2.24) is 20.0 Å². The molecule has 2 aromatic rings. The highest BCUT2D eigenvalue weighted by Gasteiger charge is 2.00. The topological polar surface area (TPSA) is 69.6 Å². The Morgan fingerprint density at radius 2 is 2.21 bits per heavy atom. The van der Waals surface area contributed by atoms with Crippen LogP contribution < -0.4 is 5.73 Å². The third-order valence-electron chi connectivity index (χ3n) is 1.64. The average Bonchev–Trinajstić information content (AvgIpc) is 2.51. The average molecular weight is 193 g/mol. The molecule has 0 saturated carbocycles. The maximum atomic E-state index is 12.7. The molecule has 0 spiro atoms. The van der Waals surface area contributed by atoms with Crippen LogP contribution in [0.25, 0.3) is 0 Å². The van der Waals surface area contributed by atoms with Gasteiger partial charge in [-0.3, -0.25) is 4.98 Å². The van der Waals surface area contributed by atoms with Gasteiger partial charge in [-0.1, -0.05) is 0 Å². The highest BCUT2D eigenvalue weighted by Crippen LogP contribution is 2.02. The fourth-order valence-corrected chi connectivity index (χ4v) is 1.09. The van der Waals surface area contributed by atoms with Crippen LogP contribution in [-0.4, -0.2) is 20.0 Å². The van der Waals surface area contributed by atoms with Crippen molar-refractivity contribution in [2.45, 2.75) is 6.54 Å². The summed E-state index contributed by atoms with van der Waals surface area (Å²) in [6.07, 6.45) is 4.14. The number of halogens is 1. The van der Waals surface area contributed by atoms with E-state index in [1.165, 1.54) is 17.1 Å². The van der Waals surface area contributed by atoms with Gasteiger partial charge < -0.3 is 5.73 Å². The smallest absolute Gasteiger partial charge is 0.165 e. The summed E-state index contributed by atoms with van der Waals surface area (Å²) in [5.74, 6) is -0.0306. The lowest BCUT2D eigenvalue weighted by atomic mass is 10.3. The van der Waals surface area contributed by atoms with Gasteiger partial charge in [0.15, 0.2) is 5.82 Å². The molecule has 0 bridgehead atoms. The molecule has 0 aromatic carbocycles. The molecule has 2 rings (SSSR count). The molecule has 72 valence electrons. The maximum Gasteiger partial charge on any atom is 0.165 e. The van der Waals surface area contributed by atoms with Crippen LogP contribution in [0, 0.1) is 5.82 Å². The fourth-order valence-electron chi connectivity index (χ4n) is 1.09. The first-order chi connectivity index (χ1) is 6.74. The molecule has 0 aliphatic carbocycles. The summed E-state index contributed by atoms with van der Waals surface area (Å²) < 4.78 is 12.7. The highest BCUT2D eigenvalue weighted by molar-refractivity contribution is 5.19. The number of anilines is 1. The van der Waals surface area contributed by atoms with E-state index in [-0.39, 0.29) is 5.82 Å². The summed E-state index contributed by atoms with van der Waals surface area (Å²) in [6, 6.07) is 1.38. The predicted molar refractivity (Wildman–Crippen MR) is 47.7 cm³/mol. The summed E-state index contributed by atoms with van der Waals surface area (Å²) in [5.41, 5.74) is 6.07. The Labute approximate surface area is 79.4 Å². The van der Waals surface area contributed by atoms with Gasteiger partial charge in [-0.15, -0.1) is 5.10 Å². The number of aromatic nitrogens is 4. The van der Waals surface area contributed by atoms with Crippen LogP contribution in [0.3, 0.4) is 0 Å². The van der Waals surface area contributed by atoms with E-state index < -0.39 is 0 Å². The van der Waals surface area contributed by atoms with Crippen LogP contribution in [0.1, 0.15) is 5.56 Å². The van der Waals surface area contributed by atoms with Gasteiger partial charge >= 0.3 is 0 Å². The van der Waals surface area contributed by atoms with Gasteiger partial charge in [0.1, 0.15) is 5.82 Å². The van der Waals surface area contributed by atoms with Crippen molar-refractivity contribution in [1.29, 1.82) is 0 Å². The molecule has 2 heterocycles. The molecule has 14 heavy (non-hydrogen) atoms. The zero-order chi connectivity index (χ0) is 9.97. The van der Waals surface area contributed by atoms with Gasteiger partial charge in [0.25, 0.3) is 0 Å². The highest BCUT2D eigenvalue weighted by atomic mass is 19.1. The number of pyridine rings is 1. The van der Waals surface area contributed by atoms with E-state index in [2.05, 4.69) is 15.2 Å². The molecule has 6 heteroatoms. The number of hydrogen-bond donors (Lipinski definition) is 1. The minimum atomic E-state index is -0.373. The zero-order valence-corrected chi connectivity index (χ0v) is 7.26. The standard InChI is InChI=1S/C8H8FN5/c9-7-1-6(2-11-3-7)5-14-12-4-8(10)13-14/h1-4H,5H2,(H2,10,13). The minimum Gasteiger partial charge on any atom is -0.381 e. The van der Waals surface area contributed by atoms with Gasteiger partial charge in [0.05, 0.1) is 18.9 Å². The molecule has 2 aromatic heterocycles. The zero-order valence-electron chi connectivity index (χ0n) is 7.26. The Hall–Kier alpha value is -1.98. The molecule has 2 N–H and O–H groups in total. The summed E-state index contributed by atoms with van der Waals surface area (Å²) >= 11 is 0. The van der Waals surface area contributed by atoms with Gasteiger partial charge in [-0.05, 0) is 11.6 Å². The second kappa shape index (κ2) is 3.41. The van der Waals surface area contributed by atoms with Crippen LogP contribution in [0.4, 0.5) is 10.2 Å². The first kappa shape index (κ1) is 8.61. The Bertz CT molecular complexity index is 439. The number of nitrogen functional groups attached to an aromatic ring is 1. The van der Waals surface area contributed by atoms with Crippen molar-refractivity contribution in [3.8, 4) is 0 Å². The molecule has 0 aliphatic rings. The number of nitrogens with zero attached hydrogens (tertiary/aromatic N) is 4. The lowest BCUT2D eigenvalue weighted by molar-refractivity contribution is 0.579. The molecule has 0 amide bonds. The van der Waals surface area contributed by atoms with E-state index in [0.29, 0.717) is 17.9 Å². The fraction of sp³-hybridized carbons (Fsp3) is 0.125. The van der Waals surface area contributed by atoms with Gasteiger partial charge in [0.2, 0.25) is 0 Å². The third-order valence-corrected chi connectivity index (χ3v) is 1.64. The molecule has 0 aliphatic heterocycles. The third kappa shape index (κ3) is 1.85. The summed E-state index contributed by atoms with van der Waals surface area (Å²) in [7, 11) is 0. The molecule has 0 radical (unpaired) electrons. The molecular weight excluding hydrogens is 185 g/mol. The Kier molecular flexibility index (Phi) is 2.10. The van der Waals surface area contributed by atoms with Gasteiger partial charge in [-0.25, -0.2) is 4.39 Å². The van der Waals surface area contributed by atoms with E-state index in [0.717, 1.165) is 6.20 Å². The second-order valence-electron chi connectivity index (χ2n) is 2.81. The lowest BCUT2D eigenvalue weighted by Gasteiger charge is -1.98. The molecule has 0 atom stereocenters. The van der Waals surface area contributed by atoms with E-state index >= 15 is 0 Å². The Morgan fingerprint density at radius 1 is 1.36 bits per heavy atom. The first-order valence-corrected chi connectivity index (χ1v) is 3.99. The van der Waals surface area contributed by atoms with Crippen LogP contribution in [-0.2, 0) is 6.54 Å². The van der Waals surface area contributed by atoms with E-state index in [1.807, 2.05) is 0 Å². The summed E-state index contributed by atoms with van der Waals surface area (Å²) in [6.45, 7) is 0.363. The van der Waals surface area contributed by atoms with Crippen LogP contribution in [0.5, 0.6) is 0 Å². The van der Waals surface area contributed by atoms with Gasteiger partial charge in [-0.2, -0.15) is 9.90 Å². The van der Waals surface area contributed by atoms with E-state index in [4.69, 9.17) is 5.73 Å². The van der Waals surface area contributed by atoms with Gasteiger partial charge in [0, 0.05) is 6.20 Å². The predicted octanol–water partition coefficient (Wildman–Crippen LogP) is 0.443. The van der Waals surface area contributed by atoms with Crippen LogP contribution in [0.2, 0.25) is 0 Å². The van der Waals surface area contributed by atoms with Crippen molar-refractivity contribution in [3.63, 3.8) is 0 Å².